The van der Waals surface area contributed by atoms with Crippen molar-refractivity contribution in [2.24, 2.45) is 0 Å². The van der Waals surface area contributed by atoms with E-state index < -0.39 is 0 Å². The second kappa shape index (κ2) is 9.62. The third kappa shape index (κ3) is 4.18. The molecule has 0 aliphatic carbocycles. The molecule has 0 unspecified atom stereocenters. The maximum absolute atomic E-state index is 4.85. The number of pyridine rings is 1. The molecule has 7 aromatic carbocycles. The van der Waals surface area contributed by atoms with Gasteiger partial charge in [0.25, 0.3) is 0 Å². The van der Waals surface area contributed by atoms with Gasteiger partial charge in [0.2, 0.25) is 0 Å². The maximum Gasteiger partial charge on any atom is 0.0703 e. The average Bonchev–Trinajstić information content (AvgIpc) is 3.04. The summed E-state index contributed by atoms with van der Waals surface area (Å²) in [6.07, 6.45) is 1.98. The SMILES string of the molecule is c1ccc(N(c2ccc3ncc(-c4ccc5ccccc5c4)cc3c2)c2cccc3cc4ccccc4cc23)cc1. The minimum absolute atomic E-state index is 0.982. The number of para-hydroxylation sites is 1. The van der Waals surface area contributed by atoms with Crippen LogP contribution in [0.25, 0.3) is 54.3 Å². The van der Waals surface area contributed by atoms with Crippen molar-refractivity contribution in [3.63, 3.8) is 0 Å². The van der Waals surface area contributed by atoms with Gasteiger partial charge in [-0.3, -0.25) is 4.98 Å². The van der Waals surface area contributed by atoms with Crippen molar-refractivity contribution in [3.05, 3.63) is 158 Å². The van der Waals surface area contributed by atoms with Crippen molar-refractivity contribution in [3.8, 4) is 11.1 Å². The molecule has 2 nitrogen and oxygen atoms in total. The van der Waals surface area contributed by atoms with Gasteiger partial charge in [0.1, 0.15) is 0 Å². The summed E-state index contributed by atoms with van der Waals surface area (Å²) >= 11 is 0. The minimum atomic E-state index is 0.982. The molecule has 1 aromatic heterocycles. The molecule has 41 heavy (non-hydrogen) atoms. The predicted octanol–water partition coefficient (Wildman–Crippen LogP) is 10.8. The van der Waals surface area contributed by atoms with Crippen molar-refractivity contribution in [2.75, 3.05) is 4.90 Å². The molecule has 0 amide bonds. The Hall–Kier alpha value is -5.47. The lowest BCUT2D eigenvalue weighted by atomic mass is 10.00. The Labute approximate surface area is 238 Å². The fraction of sp³-hybridized carbons (Fsp3) is 0. The molecule has 0 aliphatic rings. The zero-order valence-electron chi connectivity index (χ0n) is 22.4. The topological polar surface area (TPSA) is 16.1 Å². The molecular weight excluding hydrogens is 496 g/mol. The molecule has 192 valence electrons. The molecule has 0 fully saturated rings. The van der Waals surface area contributed by atoms with E-state index in [2.05, 4.69) is 157 Å². The van der Waals surface area contributed by atoms with E-state index in [-0.39, 0.29) is 0 Å². The van der Waals surface area contributed by atoms with Crippen LogP contribution < -0.4 is 4.90 Å². The highest BCUT2D eigenvalue weighted by molar-refractivity contribution is 6.06. The summed E-state index contributed by atoms with van der Waals surface area (Å²) < 4.78 is 0. The normalized spacial score (nSPS) is 11.4. The van der Waals surface area contributed by atoms with Gasteiger partial charge in [-0.15, -0.1) is 0 Å². The van der Waals surface area contributed by atoms with E-state index in [0.29, 0.717) is 0 Å². The summed E-state index contributed by atoms with van der Waals surface area (Å²) in [4.78, 5) is 7.21. The van der Waals surface area contributed by atoms with Crippen LogP contribution in [0.1, 0.15) is 0 Å². The minimum Gasteiger partial charge on any atom is -0.310 e. The Kier molecular flexibility index (Phi) is 5.49. The van der Waals surface area contributed by atoms with E-state index in [0.717, 1.165) is 33.5 Å². The van der Waals surface area contributed by atoms with Gasteiger partial charge >= 0.3 is 0 Å². The number of aromatic nitrogens is 1. The Morgan fingerprint density at radius 1 is 0.390 bits per heavy atom. The fourth-order valence-corrected chi connectivity index (χ4v) is 5.93. The molecule has 0 saturated heterocycles. The zero-order chi connectivity index (χ0) is 27.2. The lowest BCUT2D eigenvalue weighted by molar-refractivity contribution is 1.30. The number of hydrogen-bond acceptors (Lipinski definition) is 2. The molecule has 0 radical (unpaired) electrons. The number of anilines is 3. The third-order valence-corrected chi connectivity index (χ3v) is 7.98. The third-order valence-electron chi connectivity index (χ3n) is 7.98. The van der Waals surface area contributed by atoms with E-state index in [1.165, 1.54) is 37.9 Å². The number of benzene rings is 7. The molecule has 2 heteroatoms. The second-order valence-corrected chi connectivity index (χ2v) is 10.5. The van der Waals surface area contributed by atoms with Crippen LogP contribution in [0, 0.1) is 0 Å². The first-order valence-electron chi connectivity index (χ1n) is 14.0. The Morgan fingerprint density at radius 3 is 1.90 bits per heavy atom. The van der Waals surface area contributed by atoms with Crippen LogP contribution in [0.4, 0.5) is 17.1 Å². The Balaban J connectivity index is 1.31. The first-order valence-corrected chi connectivity index (χ1v) is 14.0. The van der Waals surface area contributed by atoms with Gasteiger partial charge in [0.15, 0.2) is 0 Å². The smallest absolute Gasteiger partial charge is 0.0703 e. The number of nitrogens with zero attached hydrogens (tertiary/aromatic N) is 2. The fourth-order valence-electron chi connectivity index (χ4n) is 5.93. The van der Waals surface area contributed by atoms with Gasteiger partial charge in [0.05, 0.1) is 11.2 Å². The highest BCUT2D eigenvalue weighted by Crippen LogP contribution is 2.41. The van der Waals surface area contributed by atoms with E-state index in [9.17, 15) is 0 Å². The highest BCUT2D eigenvalue weighted by atomic mass is 15.1. The molecular formula is C39H26N2. The van der Waals surface area contributed by atoms with Gasteiger partial charge in [-0.25, -0.2) is 0 Å². The van der Waals surface area contributed by atoms with E-state index >= 15 is 0 Å². The first kappa shape index (κ1) is 23.4. The van der Waals surface area contributed by atoms with Gasteiger partial charge in [-0.2, -0.15) is 0 Å². The standard InChI is InChI=1S/C39H26N2/c1-2-14-35(15-3-1)41(39-16-8-13-32-22-29-11-6-7-12-30(29)25-37(32)39)36-19-20-38-33(24-36)23-34(26-40-38)31-18-17-27-9-4-5-10-28(27)21-31/h1-26H. The van der Waals surface area contributed by atoms with E-state index in [1.54, 1.807) is 0 Å². The molecule has 1 heterocycles. The number of fused-ring (bicyclic) bond motifs is 4. The molecule has 0 atom stereocenters. The lowest BCUT2D eigenvalue weighted by Crippen LogP contribution is -2.10. The molecule has 0 saturated carbocycles. The number of rotatable bonds is 4. The van der Waals surface area contributed by atoms with Crippen molar-refractivity contribution in [2.45, 2.75) is 0 Å². The van der Waals surface area contributed by atoms with Crippen LogP contribution in [0.2, 0.25) is 0 Å². The monoisotopic (exact) mass is 522 g/mol. The second-order valence-electron chi connectivity index (χ2n) is 10.5. The summed E-state index contributed by atoms with van der Waals surface area (Å²) in [5.74, 6) is 0. The van der Waals surface area contributed by atoms with Crippen LogP contribution in [-0.4, -0.2) is 4.98 Å². The number of hydrogen-bond donors (Lipinski definition) is 0. The summed E-state index contributed by atoms with van der Waals surface area (Å²) in [6, 6.07) is 54.3. The molecule has 0 N–H and O–H groups in total. The summed E-state index contributed by atoms with van der Waals surface area (Å²) in [5, 5.41) is 8.52. The maximum atomic E-state index is 4.85. The lowest BCUT2D eigenvalue weighted by Gasteiger charge is -2.27. The Morgan fingerprint density at radius 2 is 1.07 bits per heavy atom. The van der Waals surface area contributed by atoms with Crippen LogP contribution in [0.5, 0.6) is 0 Å². The van der Waals surface area contributed by atoms with Crippen LogP contribution in [0.15, 0.2) is 158 Å². The predicted molar refractivity (Wildman–Crippen MR) is 174 cm³/mol. The molecule has 0 spiro atoms. The van der Waals surface area contributed by atoms with Crippen LogP contribution >= 0.6 is 0 Å². The largest absolute Gasteiger partial charge is 0.310 e. The van der Waals surface area contributed by atoms with Gasteiger partial charge < -0.3 is 4.90 Å². The van der Waals surface area contributed by atoms with Crippen molar-refractivity contribution in [1.29, 1.82) is 0 Å². The van der Waals surface area contributed by atoms with Crippen molar-refractivity contribution < 1.29 is 0 Å². The quantitative estimate of drug-likeness (QED) is 0.214. The highest BCUT2D eigenvalue weighted by Gasteiger charge is 2.16. The van der Waals surface area contributed by atoms with Crippen LogP contribution in [0.3, 0.4) is 0 Å². The van der Waals surface area contributed by atoms with Crippen molar-refractivity contribution >= 4 is 60.3 Å². The summed E-state index contributed by atoms with van der Waals surface area (Å²) in [6.45, 7) is 0. The Bertz CT molecular complexity index is 2220. The van der Waals surface area contributed by atoms with E-state index in [1.807, 2.05) is 6.20 Å². The van der Waals surface area contributed by atoms with Crippen molar-refractivity contribution in [1.82, 2.24) is 4.98 Å². The molecule has 8 rings (SSSR count). The van der Waals surface area contributed by atoms with Gasteiger partial charge in [-0.05, 0) is 93.2 Å². The van der Waals surface area contributed by atoms with Gasteiger partial charge in [-0.1, -0.05) is 91.0 Å². The summed E-state index contributed by atoms with van der Waals surface area (Å²) in [5.41, 5.74) is 6.63. The molecule has 8 aromatic rings. The van der Waals surface area contributed by atoms with E-state index in [4.69, 9.17) is 4.98 Å². The molecule has 0 aliphatic heterocycles. The zero-order valence-corrected chi connectivity index (χ0v) is 22.4. The van der Waals surface area contributed by atoms with Gasteiger partial charge in [0, 0.05) is 33.9 Å². The first-order chi connectivity index (χ1) is 20.3. The summed E-state index contributed by atoms with van der Waals surface area (Å²) in [7, 11) is 0. The van der Waals surface area contributed by atoms with Crippen LogP contribution in [-0.2, 0) is 0 Å². The average molecular weight is 523 g/mol. The molecule has 0 bridgehead atoms.